The minimum atomic E-state index is 0.236. The zero-order chi connectivity index (χ0) is 23.2. The molecular formula is C31H31NO. The van der Waals surface area contributed by atoms with Crippen LogP contribution < -0.4 is 4.90 Å². The summed E-state index contributed by atoms with van der Waals surface area (Å²) in [4.78, 5) is 14.7. The monoisotopic (exact) mass is 433 g/mol. The first-order valence-corrected chi connectivity index (χ1v) is 11.7. The van der Waals surface area contributed by atoms with Crippen molar-refractivity contribution in [1.82, 2.24) is 0 Å². The molecular weight excluding hydrogens is 402 g/mol. The second-order valence-electron chi connectivity index (χ2n) is 8.56. The Morgan fingerprint density at radius 1 is 0.667 bits per heavy atom. The van der Waals surface area contributed by atoms with Crippen molar-refractivity contribution in [3.05, 3.63) is 114 Å². The van der Waals surface area contributed by atoms with Crippen molar-refractivity contribution in [1.29, 1.82) is 0 Å². The fourth-order valence-corrected chi connectivity index (χ4v) is 4.31. The van der Waals surface area contributed by atoms with Gasteiger partial charge in [0.2, 0.25) is 0 Å². The molecule has 2 heteroatoms. The summed E-state index contributed by atoms with van der Waals surface area (Å²) in [6, 6.07) is 33.6. The van der Waals surface area contributed by atoms with Crippen LogP contribution >= 0.6 is 0 Å². The van der Waals surface area contributed by atoms with Crippen LogP contribution in [0.2, 0.25) is 0 Å². The molecule has 2 nitrogen and oxygen atoms in total. The molecule has 0 aliphatic rings. The predicted molar refractivity (Wildman–Crippen MR) is 140 cm³/mol. The Labute approximate surface area is 197 Å². The molecule has 33 heavy (non-hydrogen) atoms. The minimum Gasteiger partial charge on any atom is -0.310 e. The summed E-state index contributed by atoms with van der Waals surface area (Å²) in [5, 5.41) is 0. The number of nitrogens with zero attached hydrogens (tertiary/aromatic N) is 1. The van der Waals surface area contributed by atoms with Gasteiger partial charge in [-0.05, 0) is 85.0 Å². The fraction of sp³-hybridized carbons (Fsp3) is 0.194. The van der Waals surface area contributed by atoms with Gasteiger partial charge >= 0.3 is 0 Å². The lowest BCUT2D eigenvalue weighted by Crippen LogP contribution is -2.10. The van der Waals surface area contributed by atoms with Crippen LogP contribution in [-0.2, 0) is 0 Å². The zero-order valence-corrected chi connectivity index (χ0v) is 19.7. The van der Waals surface area contributed by atoms with Gasteiger partial charge in [-0.1, -0.05) is 67.9 Å². The third-order valence-corrected chi connectivity index (χ3v) is 6.09. The summed E-state index contributed by atoms with van der Waals surface area (Å²) >= 11 is 0. The summed E-state index contributed by atoms with van der Waals surface area (Å²) < 4.78 is 0. The average Bonchev–Trinajstić information content (AvgIpc) is 2.84. The van der Waals surface area contributed by atoms with E-state index < -0.39 is 0 Å². The SMILES string of the molecule is CCCCC(=O)c1ccc(-c2ccc(N(c3ccccc3)c3ccccc3)cc2C)c(C)c1. The van der Waals surface area contributed by atoms with Crippen LogP contribution in [0.25, 0.3) is 11.1 Å². The molecule has 0 spiro atoms. The van der Waals surface area contributed by atoms with Gasteiger partial charge < -0.3 is 4.90 Å². The van der Waals surface area contributed by atoms with Crippen molar-refractivity contribution in [3.63, 3.8) is 0 Å². The number of hydrogen-bond acceptors (Lipinski definition) is 2. The average molecular weight is 434 g/mol. The summed E-state index contributed by atoms with van der Waals surface area (Å²) in [6.07, 6.45) is 2.61. The lowest BCUT2D eigenvalue weighted by atomic mass is 9.93. The van der Waals surface area contributed by atoms with Gasteiger partial charge in [-0.15, -0.1) is 0 Å². The summed E-state index contributed by atoms with van der Waals surface area (Å²) in [7, 11) is 0. The standard InChI is InChI=1S/C31H31NO/c1-4-5-16-31(33)25-17-19-29(23(2)21-25)30-20-18-28(22-24(30)3)32(26-12-8-6-9-13-26)27-14-10-7-11-15-27/h6-15,17-22H,4-5,16H2,1-3H3. The van der Waals surface area contributed by atoms with Crippen LogP contribution in [0.3, 0.4) is 0 Å². The predicted octanol–water partition coefficient (Wildman–Crippen LogP) is 8.81. The van der Waals surface area contributed by atoms with Gasteiger partial charge in [0.05, 0.1) is 0 Å². The first-order valence-electron chi connectivity index (χ1n) is 11.7. The van der Waals surface area contributed by atoms with Gasteiger partial charge in [-0.25, -0.2) is 0 Å². The van der Waals surface area contributed by atoms with E-state index in [1.54, 1.807) is 0 Å². The van der Waals surface area contributed by atoms with E-state index in [1.165, 1.54) is 16.7 Å². The van der Waals surface area contributed by atoms with E-state index in [0.717, 1.165) is 41.0 Å². The Morgan fingerprint density at radius 3 is 1.73 bits per heavy atom. The molecule has 4 rings (SSSR count). The van der Waals surface area contributed by atoms with Gasteiger partial charge in [0.1, 0.15) is 0 Å². The minimum absolute atomic E-state index is 0.236. The lowest BCUT2D eigenvalue weighted by Gasteiger charge is -2.26. The van der Waals surface area contributed by atoms with E-state index in [2.05, 4.69) is 98.5 Å². The smallest absolute Gasteiger partial charge is 0.162 e. The maximum absolute atomic E-state index is 12.5. The highest BCUT2D eigenvalue weighted by atomic mass is 16.1. The highest BCUT2D eigenvalue weighted by molar-refractivity contribution is 5.97. The van der Waals surface area contributed by atoms with E-state index in [0.29, 0.717) is 6.42 Å². The molecule has 0 unspecified atom stereocenters. The van der Waals surface area contributed by atoms with Crippen LogP contribution in [0.5, 0.6) is 0 Å². The number of rotatable bonds is 8. The quantitative estimate of drug-likeness (QED) is 0.259. The molecule has 0 saturated carbocycles. The van der Waals surface area contributed by atoms with Gasteiger partial charge in [0.15, 0.2) is 5.78 Å². The number of para-hydroxylation sites is 2. The number of aryl methyl sites for hydroxylation is 2. The highest BCUT2D eigenvalue weighted by Crippen LogP contribution is 2.37. The van der Waals surface area contributed by atoms with Crippen molar-refractivity contribution in [3.8, 4) is 11.1 Å². The van der Waals surface area contributed by atoms with Crippen molar-refractivity contribution in [2.75, 3.05) is 4.90 Å². The second kappa shape index (κ2) is 10.3. The maximum atomic E-state index is 12.5. The van der Waals surface area contributed by atoms with Gasteiger partial charge in [-0.3, -0.25) is 4.79 Å². The molecule has 0 fully saturated rings. The number of anilines is 3. The second-order valence-corrected chi connectivity index (χ2v) is 8.56. The zero-order valence-electron chi connectivity index (χ0n) is 19.7. The van der Waals surface area contributed by atoms with Crippen LogP contribution in [0.15, 0.2) is 97.1 Å². The number of carbonyl (C=O) groups excluding carboxylic acids is 1. The number of benzene rings is 4. The van der Waals surface area contributed by atoms with Crippen molar-refractivity contribution in [2.24, 2.45) is 0 Å². The molecule has 0 radical (unpaired) electrons. The Morgan fingerprint density at radius 2 is 1.21 bits per heavy atom. The van der Waals surface area contributed by atoms with Gasteiger partial charge in [0, 0.05) is 29.0 Å². The number of hydrogen-bond donors (Lipinski definition) is 0. The Balaban J connectivity index is 1.70. The summed E-state index contributed by atoms with van der Waals surface area (Å²) in [5.74, 6) is 0.236. The van der Waals surface area contributed by atoms with Gasteiger partial charge in [0.25, 0.3) is 0 Å². The first kappa shape index (κ1) is 22.5. The van der Waals surface area contributed by atoms with E-state index in [4.69, 9.17) is 0 Å². The van der Waals surface area contributed by atoms with E-state index in [-0.39, 0.29) is 5.78 Å². The molecule has 0 amide bonds. The van der Waals surface area contributed by atoms with Crippen molar-refractivity contribution in [2.45, 2.75) is 40.0 Å². The van der Waals surface area contributed by atoms with E-state index in [9.17, 15) is 4.79 Å². The number of unbranched alkanes of at least 4 members (excludes halogenated alkanes) is 1. The van der Waals surface area contributed by atoms with Crippen LogP contribution in [-0.4, -0.2) is 5.78 Å². The molecule has 0 aromatic heterocycles. The van der Waals surface area contributed by atoms with E-state index in [1.807, 2.05) is 24.3 Å². The van der Waals surface area contributed by atoms with Crippen LogP contribution in [0.4, 0.5) is 17.1 Å². The number of Topliss-reactive ketones (excluding diaryl/α,β-unsaturated/α-hetero) is 1. The molecule has 4 aromatic rings. The van der Waals surface area contributed by atoms with Crippen molar-refractivity contribution >= 4 is 22.8 Å². The third kappa shape index (κ3) is 5.06. The fourth-order valence-electron chi connectivity index (χ4n) is 4.31. The maximum Gasteiger partial charge on any atom is 0.162 e. The van der Waals surface area contributed by atoms with Crippen LogP contribution in [0, 0.1) is 13.8 Å². The Hall–Kier alpha value is -3.65. The summed E-state index contributed by atoms with van der Waals surface area (Å²) in [6.45, 7) is 6.37. The molecule has 0 N–H and O–H groups in total. The van der Waals surface area contributed by atoms with Gasteiger partial charge in [-0.2, -0.15) is 0 Å². The Kier molecular flexibility index (Phi) is 7.04. The molecule has 0 heterocycles. The molecule has 0 aliphatic carbocycles. The topological polar surface area (TPSA) is 20.3 Å². The molecule has 0 bridgehead atoms. The summed E-state index contributed by atoms with van der Waals surface area (Å²) in [5.41, 5.74) is 8.91. The molecule has 0 aliphatic heterocycles. The first-order chi connectivity index (χ1) is 16.1. The van der Waals surface area contributed by atoms with E-state index >= 15 is 0 Å². The third-order valence-electron chi connectivity index (χ3n) is 6.09. The Bertz CT molecular complexity index is 1190. The number of ketones is 1. The molecule has 166 valence electrons. The largest absolute Gasteiger partial charge is 0.310 e. The van der Waals surface area contributed by atoms with Crippen molar-refractivity contribution < 1.29 is 4.79 Å². The highest BCUT2D eigenvalue weighted by Gasteiger charge is 2.15. The number of carbonyl (C=O) groups is 1. The normalized spacial score (nSPS) is 10.8. The van der Waals surface area contributed by atoms with Crippen LogP contribution in [0.1, 0.15) is 47.7 Å². The molecule has 0 saturated heterocycles. The molecule has 4 aromatic carbocycles. The molecule has 0 atom stereocenters. The lowest BCUT2D eigenvalue weighted by molar-refractivity contribution is 0.0979.